The van der Waals surface area contributed by atoms with Crippen LogP contribution in [0.5, 0.6) is 0 Å². The second-order valence-corrected chi connectivity index (χ2v) is 9.22. The zero-order valence-corrected chi connectivity index (χ0v) is 19.5. The molecule has 3 heterocycles. The summed E-state index contributed by atoms with van der Waals surface area (Å²) >= 11 is 0. The van der Waals surface area contributed by atoms with Crippen LogP contribution < -0.4 is 15.5 Å². The molecule has 2 aromatic carbocycles. The minimum atomic E-state index is -4.91. The van der Waals surface area contributed by atoms with E-state index in [1.54, 1.807) is 30.6 Å². The quantitative estimate of drug-likeness (QED) is 0.526. The molecule has 9 heteroatoms. The van der Waals surface area contributed by atoms with E-state index in [2.05, 4.69) is 27.4 Å². The summed E-state index contributed by atoms with van der Waals surface area (Å²) in [7, 11) is 0. The Morgan fingerprint density at radius 1 is 1.00 bits per heavy atom. The zero-order chi connectivity index (χ0) is 25.4. The van der Waals surface area contributed by atoms with E-state index in [-0.39, 0.29) is 17.9 Å². The van der Waals surface area contributed by atoms with Gasteiger partial charge >= 0.3 is 12.1 Å². The standard InChI is InChI=1S/C27H25F3N4O2/c1-16-20-4-2-3-5-21(20)24-15-19(33-26(36)27(28,29)30)10-13-34(24)23-7-6-17(14-22(16)23)25(35)32-18-8-11-31-12-9-18/h2-9,11-12,14,16,19,24H,10,13,15H2,1H3,(H,33,36)(H,31,32,35)/t16-,19-,24-/m1/s1. The molecule has 3 aromatic rings. The average Bonchev–Trinajstić information content (AvgIpc) is 2.97. The van der Waals surface area contributed by atoms with Crippen molar-refractivity contribution in [3.05, 3.63) is 89.2 Å². The van der Waals surface area contributed by atoms with E-state index in [0.717, 1.165) is 22.4 Å². The molecule has 0 saturated carbocycles. The topological polar surface area (TPSA) is 74.3 Å². The van der Waals surface area contributed by atoms with Crippen molar-refractivity contribution in [3.63, 3.8) is 0 Å². The number of aromatic nitrogens is 1. The van der Waals surface area contributed by atoms with Crippen molar-refractivity contribution >= 4 is 23.2 Å². The molecule has 1 aromatic heterocycles. The lowest BCUT2D eigenvalue weighted by Gasteiger charge is -2.41. The highest BCUT2D eigenvalue weighted by atomic mass is 19.4. The molecule has 2 N–H and O–H groups in total. The SMILES string of the molecule is C[C@@H]1c2ccccc2[C@H]2C[C@H](NC(=O)C(F)(F)F)CCN2c2ccc(C(=O)Nc3ccncc3)cc21. The summed E-state index contributed by atoms with van der Waals surface area (Å²) in [5.74, 6) is -2.18. The lowest BCUT2D eigenvalue weighted by Crippen LogP contribution is -2.49. The lowest BCUT2D eigenvalue weighted by molar-refractivity contribution is -0.174. The number of piperidine rings is 1. The molecule has 0 spiro atoms. The van der Waals surface area contributed by atoms with Crippen LogP contribution in [-0.2, 0) is 4.79 Å². The van der Waals surface area contributed by atoms with Crippen LogP contribution in [0.1, 0.15) is 58.8 Å². The fraction of sp³-hybridized carbons (Fsp3) is 0.296. The molecule has 1 fully saturated rings. The van der Waals surface area contributed by atoms with E-state index in [0.29, 0.717) is 30.6 Å². The van der Waals surface area contributed by atoms with Crippen molar-refractivity contribution in [1.29, 1.82) is 0 Å². The Labute approximate surface area is 206 Å². The Balaban J connectivity index is 1.49. The first-order valence-electron chi connectivity index (χ1n) is 11.8. The predicted octanol–water partition coefficient (Wildman–Crippen LogP) is 5.19. The third kappa shape index (κ3) is 4.53. The molecule has 0 aliphatic carbocycles. The first kappa shape index (κ1) is 23.8. The molecule has 2 amide bonds. The number of fused-ring (bicyclic) bond motifs is 5. The highest BCUT2D eigenvalue weighted by Crippen LogP contribution is 2.46. The van der Waals surface area contributed by atoms with Gasteiger partial charge in [-0.15, -0.1) is 0 Å². The minimum absolute atomic E-state index is 0.0429. The van der Waals surface area contributed by atoms with Crippen LogP contribution in [0.2, 0.25) is 0 Å². The molecule has 5 rings (SSSR count). The van der Waals surface area contributed by atoms with Crippen LogP contribution in [0.3, 0.4) is 0 Å². The van der Waals surface area contributed by atoms with Crippen molar-refractivity contribution in [2.45, 2.75) is 43.9 Å². The van der Waals surface area contributed by atoms with E-state index in [9.17, 15) is 22.8 Å². The van der Waals surface area contributed by atoms with Gasteiger partial charge in [0.25, 0.3) is 5.91 Å². The van der Waals surface area contributed by atoms with Crippen molar-refractivity contribution in [1.82, 2.24) is 10.3 Å². The largest absolute Gasteiger partial charge is 0.471 e. The second kappa shape index (κ2) is 9.29. The van der Waals surface area contributed by atoms with Gasteiger partial charge in [0, 0.05) is 47.8 Å². The van der Waals surface area contributed by atoms with E-state index in [1.165, 1.54) is 0 Å². The van der Waals surface area contributed by atoms with Gasteiger partial charge in [0.05, 0.1) is 6.04 Å². The summed E-state index contributed by atoms with van der Waals surface area (Å²) in [6, 6.07) is 16.1. The molecule has 2 aliphatic heterocycles. The summed E-state index contributed by atoms with van der Waals surface area (Å²) in [4.78, 5) is 30.7. The van der Waals surface area contributed by atoms with Gasteiger partial charge in [0.2, 0.25) is 0 Å². The van der Waals surface area contributed by atoms with Crippen LogP contribution in [0.25, 0.3) is 0 Å². The number of alkyl halides is 3. The van der Waals surface area contributed by atoms with E-state index in [4.69, 9.17) is 0 Å². The number of carbonyl (C=O) groups excluding carboxylic acids is 2. The molecule has 0 bridgehead atoms. The molecular weight excluding hydrogens is 469 g/mol. The van der Waals surface area contributed by atoms with Crippen molar-refractivity contribution in [2.24, 2.45) is 0 Å². The molecule has 3 atom stereocenters. The Morgan fingerprint density at radius 3 is 2.44 bits per heavy atom. The van der Waals surface area contributed by atoms with Gasteiger partial charge in [-0.2, -0.15) is 13.2 Å². The summed E-state index contributed by atoms with van der Waals surface area (Å²) < 4.78 is 38.6. The number of benzene rings is 2. The summed E-state index contributed by atoms with van der Waals surface area (Å²) in [6.45, 7) is 2.55. The van der Waals surface area contributed by atoms with Crippen molar-refractivity contribution < 1.29 is 22.8 Å². The van der Waals surface area contributed by atoms with Crippen LogP contribution in [0, 0.1) is 0 Å². The van der Waals surface area contributed by atoms with Gasteiger partial charge < -0.3 is 15.5 Å². The molecule has 186 valence electrons. The van der Waals surface area contributed by atoms with Gasteiger partial charge in [0.15, 0.2) is 0 Å². The molecule has 1 saturated heterocycles. The normalized spacial score (nSPS) is 20.9. The maximum atomic E-state index is 13.0. The number of nitrogens with zero attached hydrogens (tertiary/aromatic N) is 2. The number of amides is 2. The average molecular weight is 495 g/mol. The molecule has 0 radical (unpaired) electrons. The summed E-state index contributed by atoms with van der Waals surface area (Å²) in [6.07, 6.45) is -0.959. The van der Waals surface area contributed by atoms with E-state index >= 15 is 0 Å². The van der Waals surface area contributed by atoms with Crippen molar-refractivity contribution in [2.75, 3.05) is 16.8 Å². The first-order chi connectivity index (χ1) is 17.2. The summed E-state index contributed by atoms with van der Waals surface area (Å²) in [5, 5.41) is 5.06. The lowest BCUT2D eigenvalue weighted by atomic mass is 9.86. The summed E-state index contributed by atoms with van der Waals surface area (Å²) in [5.41, 5.74) is 5.16. The van der Waals surface area contributed by atoms with Gasteiger partial charge in [-0.05, 0) is 59.9 Å². The highest BCUT2D eigenvalue weighted by molar-refractivity contribution is 6.04. The van der Waals surface area contributed by atoms with E-state index < -0.39 is 18.1 Å². The number of rotatable bonds is 3. The number of halogens is 3. The van der Waals surface area contributed by atoms with Crippen LogP contribution >= 0.6 is 0 Å². The second-order valence-electron chi connectivity index (χ2n) is 9.22. The third-order valence-corrected chi connectivity index (χ3v) is 7.02. The smallest absolute Gasteiger partial charge is 0.364 e. The number of hydrogen-bond donors (Lipinski definition) is 2. The molecule has 6 nitrogen and oxygen atoms in total. The molecule has 36 heavy (non-hydrogen) atoms. The Hall–Kier alpha value is -3.88. The maximum Gasteiger partial charge on any atom is 0.471 e. The Bertz CT molecular complexity index is 1300. The van der Waals surface area contributed by atoms with Gasteiger partial charge in [-0.25, -0.2) is 0 Å². The zero-order valence-electron chi connectivity index (χ0n) is 19.5. The molecular formula is C27H25F3N4O2. The fourth-order valence-electron chi connectivity index (χ4n) is 5.27. The Kier molecular flexibility index (Phi) is 6.15. The van der Waals surface area contributed by atoms with Gasteiger partial charge in [-0.3, -0.25) is 14.6 Å². The highest BCUT2D eigenvalue weighted by Gasteiger charge is 2.42. The number of nitrogens with one attached hydrogen (secondary N) is 2. The maximum absolute atomic E-state index is 13.0. The van der Waals surface area contributed by atoms with E-state index in [1.807, 2.05) is 36.4 Å². The predicted molar refractivity (Wildman–Crippen MR) is 130 cm³/mol. The number of anilines is 2. The van der Waals surface area contributed by atoms with Gasteiger partial charge in [-0.1, -0.05) is 31.2 Å². The monoisotopic (exact) mass is 494 g/mol. The van der Waals surface area contributed by atoms with Crippen LogP contribution in [0.15, 0.2) is 67.0 Å². The number of pyridine rings is 1. The van der Waals surface area contributed by atoms with Gasteiger partial charge in [0.1, 0.15) is 0 Å². The first-order valence-corrected chi connectivity index (χ1v) is 11.8. The van der Waals surface area contributed by atoms with Crippen molar-refractivity contribution in [3.8, 4) is 0 Å². The van der Waals surface area contributed by atoms with Crippen LogP contribution in [0.4, 0.5) is 24.5 Å². The Morgan fingerprint density at radius 2 is 1.72 bits per heavy atom. The van der Waals surface area contributed by atoms with Crippen LogP contribution in [-0.4, -0.2) is 35.6 Å². The molecule has 0 unspecified atom stereocenters. The number of carbonyl (C=O) groups is 2. The third-order valence-electron chi connectivity index (χ3n) is 7.02. The fourth-order valence-corrected chi connectivity index (χ4v) is 5.27. The number of hydrogen-bond acceptors (Lipinski definition) is 4. The molecule has 2 aliphatic rings. The minimum Gasteiger partial charge on any atom is -0.364 e.